The Morgan fingerprint density at radius 2 is 1.67 bits per heavy atom. The molecule has 1 aromatic heterocycles. The molecule has 0 radical (unpaired) electrons. The molecule has 0 fully saturated rings. The van der Waals surface area contributed by atoms with E-state index in [4.69, 9.17) is 9.15 Å². The largest absolute Gasteiger partial charge is 0.496 e. The van der Waals surface area contributed by atoms with Crippen LogP contribution in [-0.4, -0.2) is 7.11 Å². The molecule has 0 atom stereocenters. The molecule has 0 bridgehead atoms. The number of anilines is 1. The third-order valence-electron chi connectivity index (χ3n) is 3.27. The normalized spacial score (nSPS) is 10.3. The number of ether oxygens (including phenoxy) is 1. The van der Waals surface area contributed by atoms with Crippen LogP contribution in [0.15, 0.2) is 71.1 Å². The summed E-state index contributed by atoms with van der Waals surface area (Å²) in [6.45, 7) is 0.652. The van der Waals surface area contributed by atoms with Crippen molar-refractivity contribution >= 4 is 5.69 Å². The molecule has 0 spiro atoms. The average molecular weight is 279 g/mol. The number of para-hydroxylation sites is 2. The second-order valence-corrected chi connectivity index (χ2v) is 4.69. The molecular weight excluding hydrogens is 262 g/mol. The minimum Gasteiger partial charge on any atom is -0.496 e. The van der Waals surface area contributed by atoms with Gasteiger partial charge in [0.2, 0.25) is 0 Å². The molecule has 1 heterocycles. The van der Waals surface area contributed by atoms with Crippen LogP contribution < -0.4 is 10.1 Å². The molecule has 0 saturated heterocycles. The maximum Gasteiger partial charge on any atom is 0.138 e. The van der Waals surface area contributed by atoms with Crippen LogP contribution >= 0.6 is 0 Å². The van der Waals surface area contributed by atoms with Gasteiger partial charge in [0.1, 0.15) is 17.3 Å². The van der Waals surface area contributed by atoms with Crippen molar-refractivity contribution in [2.75, 3.05) is 12.4 Å². The second kappa shape index (κ2) is 6.18. The van der Waals surface area contributed by atoms with E-state index in [2.05, 4.69) is 5.32 Å². The quantitative estimate of drug-likeness (QED) is 0.743. The van der Waals surface area contributed by atoms with Gasteiger partial charge in [0.05, 0.1) is 19.2 Å². The minimum absolute atomic E-state index is 0.652. The average Bonchev–Trinajstić information content (AvgIpc) is 3.02. The zero-order valence-corrected chi connectivity index (χ0v) is 11.9. The lowest BCUT2D eigenvalue weighted by Gasteiger charge is -2.06. The predicted molar refractivity (Wildman–Crippen MR) is 84.5 cm³/mol. The fourth-order valence-corrected chi connectivity index (χ4v) is 2.21. The van der Waals surface area contributed by atoms with E-state index in [1.165, 1.54) is 0 Å². The number of hydrogen-bond donors (Lipinski definition) is 1. The maximum atomic E-state index is 5.89. The summed E-state index contributed by atoms with van der Waals surface area (Å²) in [7, 11) is 1.67. The van der Waals surface area contributed by atoms with Crippen LogP contribution in [0.4, 0.5) is 5.69 Å². The first-order valence-electron chi connectivity index (χ1n) is 6.88. The topological polar surface area (TPSA) is 34.4 Å². The lowest BCUT2D eigenvalue weighted by molar-refractivity contribution is 0.414. The lowest BCUT2D eigenvalue weighted by atomic mass is 10.1. The van der Waals surface area contributed by atoms with E-state index >= 15 is 0 Å². The third kappa shape index (κ3) is 3.08. The van der Waals surface area contributed by atoms with E-state index in [1.54, 1.807) is 7.11 Å². The number of hydrogen-bond acceptors (Lipinski definition) is 3. The predicted octanol–water partition coefficient (Wildman–Crippen LogP) is 4.57. The highest BCUT2D eigenvalue weighted by Gasteiger charge is 2.09. The zero-order chi connectivity index (χ0) is 14.5. The summed E-state index contributed by atoms with van der Waals surface area (Å²) >= 11 is 0. The molecule has 3 nitrogen and oxygen atoms in total. The van der Waals surface area contributed by atoms with Crippen molar-refractivity contribution in [1.82, 2.24) is 0 Å². The SMILES string of the molecule is COc1ccccc1-c1ccc(CNc2ccccc2)o1. The summed E-state index contributed by atoms with van der Waals surface area (Å²) < 4.78 is 11.3. The van der Waals surface area contributed by atoms with Crippen LogP contribution in [0.2, 0.25) is 0 Å². The van der Waals surface area contributed by atoms with E-state index < -0.39 is 0 Å². The van der Waals surface area contributed by atoms with Gasteiger partial charge in [0.15, 0.2) is 0 Å². The van der Waals surface area contributed by atoms with E-state index in [-0.39, 0.29) is 0 Å². The van der Waals surface area contributed by atoms with Gasteiger partial charge in [0.25, 0.3) is 0 Å². The number of furan rings is 1. The molecule has 1 N–H and O–H groups in total. The summed E-state index contributed by atoms with van der Waals surface area (Å²) in [6, 6.07) is 21.9. The molecule has 3 heteroatoms. The zero-order valence-electron chi connectivity index (χ0n) is 11.9. The Labute approximate surface area is 124 Å². The van der Waals surface area contributed by atoms with Crippen molar-refractivity contribution in [1.29, 1.82) is 0 Å². The molecule has 21 heavy (non-hydrogen) atoms. The molecule has 0 aliphatic carbocycles. The van der Waals surface area contributed by atoms with Gasteiger partial charge >= 0.3 is 0 Å². The van der Waals surface area contributed by atoms with Crippen LogP contribution in [0.5, 0.6) is 5.75 Å². The van der Waals surface area contributed by atoms with E-state index in [1.807, 2.05) is 66.7 Å². The van der Waals surface area contributed by atoms with Gasteiger partial charge < -0.3 is 14.5 Å². The minimum atomic E-state index is 0.652. The van der Waals surface area contributed by atoms with Crippen molar-refractivity contribution in [3.63, 3.8) is 0 Å². The molecule has 2 aromatic carbocycles. The van der Waals surface area contributed by atoms with E-state index in [0.717, 1.165) is 28.5 Å². The van der Waals surface area contributed by atoms with Crippen molar-refractivity contribution in [3.05, 3.63) is 72.5 Å². The summed E-state index contributed by atoms with van der Waals surface area (Å²) in [6.07, 6.45) is 0. The fourth-order valence-electron chi connectivity index (χ4n) is 2.21. The monoisotopic (exact) mass is 279 g/mol. The molecule has 3 rings (SSSR count). The fraction of sp³-hybridized carbons (Fsp3) is 0.111. The summed E-state index contributed by atoms with van der Waals surface area (Å²) in [5.74, 6) is 2.52. The van der Waals surface area contributed by atoms with Crippen molar-refractivity contribution < 1.29 is 9.15 Å². The Morgan fingerprint density at radius 1 is 0.905 bits per heavy atom. The number of methoxy groups -OCH3 is 1. The Bertz CT molecular complexity index is 704. The van der Waals surface area contributed by atoms with Crippen LogP contribution in [0, 0.1) is 0 Å². The summed E-state index contributed by atoms with van der Waals surface area (Å²) in [4.78, 5) is 0. The van der Waals surface area contributed by atoms with Crippen LogP contribution in [0.1, 0.15) is 5.76 Å². The highest BCUT2D eigenvalue weighted by atomic mass is 16.5. The molecule has 0 aliphatic heterocycles. The standard InChI is InChI=1S/C18H17NO2/c1-20-17-10-6-5-9-16(17)18-12-11-15(21-18)13-19-14-7-3-2-4-8-14/h2-12,19H,13H2,1H3. The Morgan fingerprint density at radius 3 is 2.48 bits per heavy atom. The van der Waals surface area contributed by atoms with Gasteiger partial charge in [0, 0.05) is 5.69 Å². The maximum absolute atomic E-state index is 5.89. The van der Waals surface area contributed by atoms with Gasteiger partial charge in [-0.2, -0.15) is 0 Å². The number of benzene rings is 2. The molecule has 0 amide bonds. The van der Waals surface area contributed by atoms with Crippen LogP contribution in [0.25, 0.3) is 11.3 Å². The first-order chi connectivity index (χ1) is 10.4. The van der Waals surface area contributed by atoms with Gasteiger partial charge in [-0.3, -0.25) is 0 Å². The van der Waals surface area contributed by atoms with E-state index in [9.17, 15) is 0 Å². The Hall–Kier alpha value is -2.68. The second-order valence-electron chi connectivity index (χ2n) is 4.69. The van der Waals surface area contributed by atoms with E-state index in [0.29, 0.717) is 6.54 Å². The van der Waals surface area contributed by atoms with Crippen molar-refractivity contribution in [2.45, 2.75) is 6.54 Å². The van der Waals surface area contributed by atoms with Gasteiger partial charge in [-0.15, -0.1) is 0 Å². The molecule has 106 valence electrons. The lowest BCUT2D eigenvalue weighted by Crippen LogP contribution is -1.97. The summed E-state index contributed by atoms with van der Waals surface area (Å²) in [5, 5.41) is 3.33. The highest BCUT2D eigenvalue weighted by Crippen LogP contribution is 2.31. The third-order valence-corrected chi connectivity index (χ3v) is 3.27. The number of nitrogens with one attached hydrogen (secondary N) is 1. The molecule has 0 unspecified atom stereocenters. The van der Waals surface area contributed by atoms with Gasteiger partial charge in [-0.05, 0) is 36.4 Å². The Kier molecular flexibility index (Phi) is 3.92. The Balaban J connectivity index is 1.74. The first kappa shape index (κ1) is 13.3. The molecule has 3 aromatic rings. The molecule has 0 saturated carbocycles. The molecular formula is C18H17NO2. The molecule has 0 aliphatic rings. The van der Waals surface area contributed by atoms with Crippen LogP contribution in [-0.2, 0) is 6.54 Å². The van der Waals surface area contributed by atoms with Crippen molar-refractivity contribution in [3.8, 4) is 17.1 Å². The smallest absolute Gasteiger partial charge is 0.138 e. The summed E-state index contributed by atoms with van der Waals surface area (Å²) in [5.41, 5.74) is 2.04. The number of rotatable bonds is 5. The van der Waals surface area contributed by atoms with Gasteiger partial charge in [-0.25, -0.2) is 0 Å². The van der Waals surface area contributed by atoms with Crippen molar-refractivity contribution in [2.24, 2.45) is 0 Å². The van der Waals surface area contributed by atoms with Crippen LogP contribution in [0.3, 0.4) is 0 Å². The first-order valence-corrected chi connectivity index (χ1v) is 6.88. The highest BCUT2D eigenvalue weighted by molar-refractivity contribution is 5.65. The van der Waals surface area contributed by atoms with Gasteiger partial charge in [-0.1, -0.05) is 30.3 Å².